The van der Waals surface area contributed by atoms with E-state index in [0.717, 1.165) is 19.3 Å². The minimum Gasteiger partial charge on any atom is -0.352 e. The summed E-state index contributed by atoms with van der Waals surface area (Å²) in [6, 6.07) is 6.49. The first-order valence-corrected chi connectivity index (χ1v) is 11.9. The van der Waals surface area contributed by atoms with Gasteiger partial charge in [-0.2, -0.15) is 8.42 Å². The Labute approximate surface area is 173 Å². The van der Waals surface area contributed by atoms with Gasteiger partial charge < -0.3 is 15.1 Å². The summed E-state index contributed by atoms with van der Waals surface area (Å²) in [4.78, 5) is 17.5. The minimum absolute atomic E-state index is 0.0121. The summed E-state index contributed by atoms with van der Waals surface area (Å²) in [5, 5.41) is 3.19. The number of nitrogens with one attached hydrogen (secondary N) is 1. The Balaban J connectivity index is 1.51. The smallest absolute Gasteiger partial charge is 0.285 e. The molecule has 8 heteroatoms. The van der Waals surface area contributed by atoms with Crippen LogP contribution in [-0.4, -0.2) is 68.7 Å². The fourth-order valence-electron chi connectivity index (χ4n) is 4.95. The molecule has 1 atom stereocenters. The second-order valence-corrected chi connectivity index (χ2v) is 10.2. The maximum atomic E-state index is 13.1. The molecule has 1 N–H and O–H groups in total. The van der Waals surface area contributed by atoms with Gasteiger partial charge in [-0.3, -0.25) is 4.79 Å². The molecule has 0 aromatic heterocycles. The van der Waals surface area contributed by atoms with Crippen LogP contribution >= 0.6 is 0 Å². The monoisotopic (exact) mass is 418 g/mol. The van der Waals surface area contributed by atoms with Crippen molar-refractivity contribution >= 4 is 21.8 Å². The number of rotatable bonds is 4. The van der Waals surface area contributed by atoms with Crippen LogP contribution in [-0.2, 0) is 14.8 Å². The zero-order valence-electron chi connectivity index (χ0n) is 17.2. The summed E-state index contributed by atoms with van der Waals surface area (Å²) >= 11 is 0. The van der Waals surface area contributed by atoms with Crippen molar-refractivity contribution in [3.05, 3.63) is 29.8 Å². The van der Waals surface area contributed by atoms with Crippen molar-refractivity contribution in [2.24, 2.45) is 4.40 Å². The highest BCUT2D eigenvalue weighted by atomic mass is 32.2. The van der Waals surface area contributed by atoms with Crippen LogP contribution < -0.4 is 5.32 Å². The quantitative estimate of drug-likeness (QED) is 0.809. The van der Waals surface area contributed by atoms with Crippen molar-refractivity contribution < 1.29 is 13.2 Å². The number of hydrogen-bond donors (Lipinski definition) is 1. The topological polar surface area (TPSA) is 82.1 Å². The minimum atomic E-state index is -3.68. The molecule has 3 aliphatic rings. The molecule has 2 heterocycles. The van der Waals surface area contributed by atoms with Gasteiger partial charge in [0, 0.05) is 24.2 Å². The Hall–Kier alpha value is -1.93. The van der Waals surface area contributed by atoms with E-state index in [4.69, 9.17) is 0 Å². The number of nitrogens with zero attached hydrogens (tertiary/aromatic N) is 3. The predicted octanol–water partition coefficient (Wildman–Crippen LogP) is 1.98. The fourth-order valence-corrected chi connectivity index (χ4v) is 6.17. The number of fused-ring (bicyclic) bond motifs is 1. The van der Waals surface area contributed by atoms with Crippen molar-refractivity contribution in [1.82, 2.24) is 15.1 Å². The van der Waals surface area contributed by atoms with E-state index < -0.39 is 10.0 Å². The third kappa shape index (κ3) is 3.68. The molecule has 1 amide bonds. The molecule has 4 rings (SSSR count). The maximum Gasteiger partial charge on any atom is 0.285 e. The van der Waals surface area contributed by atoms with Crippen molar-refractivity contribution in [2.45, 2.75) is 61.4 Å². The van der Waals surface area contributed by atoms with E-state index in [9.17, 15) is 13.2 Å². The molecule has 2 fully saturated rings. The molecule has 1 aliphatic carbocycles. The molecule has 7 nitrogen and oxygen atoms in total. The second kappa shape index (κ2) is 7.72. The standard InChI is InChI=1S/C21H30N4O3S/c1-24(2)21(12-6-3-7-13-21)15-22-20(26)17-10-8-14-25(17)19-16-9-4-5-11-18(16)29(27,28)23-19/h4-5,9,11,17H,3,6-8,10,12-15H2,1-2H3,(H,22,26)/t17-/m0/s1. The Kier molecular flexibility index (Phi) is 5.42. The van der Waals surface area contributed by atoms with Crippen LogP contribution in [0.1, 0.15) is 50.5 Å². The van der Waals surface area contributed by atoms with E-state index in [-0.39, 0.29) is 22.4 Å². The molecule has 1 aromatic rings. The van der Waals surface area contributed by atoms with Crippen molar-refractivity contribution in [3.63, 3.8) is 0 Å². The molecular weight excluding hydrogens is 388 g/mol. The molecule has 0 radical (unpaired) electrons. The highest BCUT2D eigenvalue weighted by Crippen LogP contribution is 2.33. The van der Waals surface area contributed by atoms with Gasteiger partial charge in [0.1, 0.15) is 10.9 Å². The van der Waals surface area contributed by atoms with Crippen LogP contribution in [0.2, 0.25) is 0 Å². The number of sulfonamides is 1. The number of carbonyl (C=O) groups excluding carboxylic acids is 1. The van der Waals surface area contributed by atoms with Gasteiger partial charge in [0.25, 0.3) is 10.0 Å². The zero-order valence-corrected chi connectivity index (χ0v) is 18.0. The Bertz CT molecular complexity index is 920. The third-order valence-electron chi connectivity index (χ3n) is 6.76. The van der Waals surface area contributed by atoms with Crippen LogP contribution in [0, 0.1) is 0 Å². The highest BCUT2D eigenvalue weighted by Gasteiger charge is 2.40. The van der Waals surface area contributed by atoms with Crippen LogP contribution in [0.5, 0.6) is 0 Å². The van der Waals surface area contributed by atoms with Gasteiger partial charge in [-0.1, -0.05) is 31.4 Å². The lowest BCUT2D eigenvalue weighted by Crippen LogP contribution is -2.56. The summed E-state index contributed by atoms with van der Waals surface area (Å²) in [6.45, 7) is 1.27. The number of amidine groups is 1. The number of benzene rings is 1. The SMILES string of the molecule is CN(C)C1(CNC(=O)[C@@H]2CCCN2C2=NS(=O)(=O)c3ccccc32)CCCCC1. The molecule has 1 saturated heterocycles. The zero-order chi connectivity index (χ0) is 20.6. The summed E-state index contributed by atoms with van der Waals surface area (Å²) < 4.78 is 28.9. The Morgan fingerprint density at radius 1 is 1.21 bits per heavy atom. The normalized spacial score (nSPS) is 25.0. The van der Waals surface area contributed by atoms with Gasteiger partial charge in [-0.15, -0.1) is 4.40 Å². The summed E-state index contributed by atoms with van der Waals surface area (Å²) in [5.74, 6) is 0.386. The van der Waals surface area contributed by atoms with E-state index >= 15 is 0 Å². The van der Waals surface area contributed by atoms with Gasteiger partial charge in [0.2, 0.25) is 5.91 Å². The largest absolute Gasteiger partial charge is 0.352 e. The molecule has 29 heavy (non-hydrogen) atoms. The molecule has 2 aliphatic heterocycles. The van der Waals surface area contributed by atoms with E-state index in [1.807, 2.05) is 11.0 Å². The molecule has 1 aromatic carbocycles. The first-order valence-electron chi connectivity index (χ1n) is 10.5. The van der Waals surface area contributed by atoms with Crippen molar-refractivity contribution in [1.29, 1.82) is 0 Å². The van der Waals surface area contributed by atoms with Gasteiger partial charge in [-0.25, -0.2) is 0 Å². The van der Waals surface area contributed by atoms with E-state index in [1.165, 1.54) is 19.3 Å². The van der Waals surface area contributed by atoms with Gasteiger partial charge in [-0.05, 0) is 51.9 Å². The van der Waals surface area contributed by atoms with Crippen LogP contribution in [0.3, 0.4) is 0 Å². The maximum absolute atomic E-state index is 13.1. The molecule has 0 spiro atoms. The second-order valence-electron chi connectivity index (χ2n) is 8.63. The Morgan fingerprint density at radius 3 is 2.66 bits per heavy atom. The lowest BCUT2D eigenvalue weighted by molar-refractivity contribution is -0.125. The molecule has 1 saturated carbocycles. The first-order chi connectivity index (χ1) is 13.8. The van der Waals surface area contributed by atoms with Crippen molar-refractivity contribution in [2.75, 3.05) is 27.2 Å². The van der Waals surface area contributed by atoms with Gasteiger partial charge in [0.05, 0.1) is 0 Å². The average molecular weight is 419 g/mol. The Morgan fingerprint density at radius 2 is 1.93 bits per heavy atom. The van der Waals surface area contributed by atoms with Gasteiger partial charge in [0.15, 0.2) is 5.84 Å². The average Bonchev–Trinajstić information content (AvgIpc) is 3.30. The molecular formula is C21H30N4O3S. The van der Waals surface area contributed by atoms with Crippen LogP contribution in [0.25, 0.3) is 0 Å². The lowest BCUT2D eigenvalue weighted by atomic mass is 9.80. The van der Waals surface area contributed by atoms with Crippen LogP contribution in [0.4, 0.5) is 0 Å². The highest BCUT2D eigenvalue weighted by molar-refractivity contribution is 7.90. The third-order valence-corrected chi connectivity index (χ3v) is 8.09. The number of carbonyl (C=O) groups is 1. The predicted molar refractivity (Wildman–Crippen MR) is 112 cm³/mol. The summed E-state index contributed by atoms with van der Waals surface area (Å²) in [5.41, 5.74) is 0.613. The first kappa shape index (κ1) is 20.3. The molecule has 0 bridgehead atoms. The van der Waals surface area contributed by atoms with E-state index in [0.29, 0.717) is 30.9 Å². The summed E-state index contributed by atoms with van der Waals surface area (Å²) in [6.07, 6.45) is 7.37. The van der Waals surface area contributed by atoms with Crippen LogP contribution in [0.15, 0.2) is 33.6 Å². The van der Waals surface area contributed by atoms with E-state index in [2.05, 4.69) is 28.7 Å². The number of likely N-dealkylation sites (tertiary alicyclic amines) is 1. The fraction of sp³-hybridized carbons (Fsp3) is 0.619. The van der Waals surface area contributed by atoms with Gasteiger partial charge >= 0.3 is 0 Å². The lowest BCUT2D eigenvalue weighted by Gasteiger charge is -2.43. The number of likely N-dealkylation sites (N-methyl/N-ethyl adjacent to an activating group) is 1. The number of amides is 1. The number of hydrogen-bond acceptors (Lipinski definition) is 5. The molecule has 158 valence electrons. The summed E-state index contributed by atoms with van der Waals surface area (Å²) in [7, 11) is 0.499. The molecule has 0 unspecified atom stereocenters. The van der Waals surface area contributed by atoms with Crippen molar-refractivity contribution in [3.8, 4) is 0 Å². The van der Waals surface area contributed by atoms with E-state index in [1.54, 1.807) is 18.2 Å².